The van der Waals surface area contributed by atoms with Crippen molar-refractivity contribution >= 4 is 45.9 Å². The normalized spacial score (nSPS) is 16.3. The topological polar surface area (TPSA) is 6.48 Å². The second-order valence-electron chi connectivity index (χ2n) is 19.5. The molecule has 0 aromatic heterocycles. The van der Waals surface area contributed by atoms with Gasteiger partial charge in [0.1, 0.15) is 0 Å². The first-order chi connectivity index (χ1) is 27.7. The molecule has 58 heavy (non-hydrogen) atoms. The number of benzene rings is 6. The molecule has 3 heterocycles. The van der Waals surface area contributed by atoms with Gasteiger partial charge in [-0.1, -0.05) is 209 Å². The van der Waals surface area contributed by atoms with Crippen molar-refractivity contribution in [2.24, 2.45) is 0 Å². The molecule has 0 N–H and O–H groups in total. The molecule has 0 aliphatic carbocycles. The molecule has 3 heteroatoms. The van der Waals surface area contributed by atoms with Crippen molar-refractivity contribution in [1.82, 2.24) is 0 Å². The van der Waals surface area contributed by atoms with Gasteiger partial charge in [-0.2, -0.15) is 0 Å². The molecule has 0 atom stereocenters. The Morgan fingerprint density at radius 3 is 1.12 bits per heavy atom. The van der Waals surface area contributed by atoms with Crippen LogP contribution in [0.2, 0.25) is 0 Å². The maximum absolute atomic E-state index is 2.68. The summed E-state index contributed by atoms with van der Waals surface area (Å²) < 4.78 is 0. The van der Waals surface area contributed by atoms with Gasteiger partial charge in [-0.25, -0.2) is 0 Å². The van der Waals surface area contributed by atoms with E-state index in [4.69, 9.17) is 0 Å². The summed E-state index contributed by atoms with van der Waals surface area (Å²) in [5.41, 5.74) is 21.6. The summed E-state index contributed by atoms with van der Waals surface area (Å²) in [6.07, 6.45) is 1.23. The van der Waals surface area contributed by atoms with E-state index in [0.717, 1.165) is 0 Å². The Morgan fingerprint density at radius 2 is 0.759 bits per heavy atom. The second kappa shape index (κ2) is 13.8. The van der Waals surface area contributed by atoms with Gasteiger partial charge in [-0.3, -0.25) is 0 Å². The summed E-state index contributed by atoms with van der Waals surface area (Å²) >= 11 is 0. The third-order valence-corrected chi connectivity index (χ3v) is 13.9. The van der Waals surface area contributed by atoms with Gasteiger partial charge in [0.25, 0.3) is 0 Å². The highest BCUT2D eigenvalue weighted by atomic mass is 15.4. The van der Waals surface area contributed by atoms with Gasteiger partial charge < -0.3 is 9.80 Å². The Kier molecular flexibility index (Phi) is 9.15. The van der Waals surface area contributed by atoms with E-state index in [1.165, 1.54) is 95.4 Å². The van der Waals surface area contributed by atoms with E-state index in [-0.39, 0.29) is 17.5 Å². The van der Waals surface area contributed by atoms with E-state index < -0.39 is 0 Å². The average Bonchev–Trinajstić information content (AvgIpc) is 3.54. The van der Waals surface area contributed by atoms with E-state index >= 15 is 0 Å². The largest absolute Gasteiger partial charge is 0.307 e. The number of fused-ring (bicyclic) bond motifs is 5. The lowest BCUT2D eigenvalue weighted by atomic mass is 9.27. The molecule has 0 spiro atoms. The van der Waals surface area contributed by atoms with Crippen LogP contribution >= 0.6 is 0 Å². The van der Waals surface area contributed by atoms with Crippen LogP contribution < -0.4 is 26.2 Å². The van der Waals surface area contributed by atoms with Crippen LogP contribution in [0.4, 0.5) is 22.7 Å². The first kappa shape index (κ1) is 38.5. The third kappa shape index (κ3) is 5.51. The highest BCUT2D eigenvalue weighted by Crippen LogP contribution is 2.58. The van der Waals surface area contributed by atoms with Gasteiger partial charge >= 0.3 is 0 Å². The molecular weight excluding hydrogens is 699 g/mol. The first-order valence-electron chi connectivity index (χ1n) is 21.9. The maximum atomic E-state index is 2.68. The molecule has 2 nitrogen and oxygen atoms in total. The van der Waals surface area contributed by atoms with Crippen LogP contribution in [0.1, 0.15) is 157 Å². The van der Waals surface area contributed by atoms with Crippen molar-refractivity contribution in [3.05, 3.63) is 178 Å². The Labute approximate surface area is 349 Å². The quantitative estimate of drug-likeness (QED) is 0.150. The summed E-state index contributed by atoms with van der Waals surface area (Å²) in [5.74, 6) is 1.34. The highest BCUT2D eigenvalue weighted by Gasteiger charge is 2.50. The van der Waals surface area contributed by atoms with Crippen LogP contribution in [0.25, 0.3) is 0 Å². The van der Waals surface area contributed by atoms with Crippen molar-refractivity contribution in [1.29, 1.82) is 0 Å². The molecule has 0 saturated heterocycles. The fourth-order valence-corrected chi connectivity index (χ4v) is 11.0. The summed E-state index contributed by atoms with van der Waals surface area (Å²) in [7, 11) is 0. The zero-order chi connectivity index (χ0) is 41.0. The highest BCUT2D eigenvalue weighted by molar-refractivity contribution is 6.97. The van der Waals surface area contributed by atoms with Crippen LogP contribution in [-0.4, -0.2) is 6.71 Å². The van der Waals surface area contributed by atoms with E-state index in [0.29, 0.717) is 23.7 Å². The molecule has 0 saturated carbocycles. The molecule has 0 unspecified atom stereocenters. The lowest BCUT2D eigenvalue weighted by Crippen LogP contribution is -2.66. The standard InChI is InChI=1S/C55H60BN2/c1-33(2)38-21-19-22-39(34(3)4)51(38)57-48-29-17-18-30-49(48)58(52-40(35(5)6)23-20-24-41(52)36(7)8)53(57)37-31-44-50-45(32-37)55(11,12)43-26-14-16-28-47(43)56(50)46-27-15-13-25-42(46)54(44,9)10/h13-36H,1-12H3. The molecule has 0 amide bonds. The van der Waals surface area contributed by atoms with E-state index in [9.17, 15) is 0 Å². The smallest absolute Gasteiger partial charge is 0.242 e. The van der Waals surface area contributed by atoms with Crippen molar-refractivity contribution in [3.8, 4) is 0 Å². The van der Waals surface area contributed by atoms with Crippen molar-refractivity contribution in [3.63, 3.8) is 0 Å². The minimum absolute atomic E-state index is 0.189. The van der Waals surface area contributed by atoms with Crippen LogP contribution in [-0.2, 0) is 10.8 Å². The summed E-state index contributed by atoms with van der Waals surface area (Å²) in [5, 5.41) is 0. The van der Waals surface area contributed by atoms with E-state index in [2.05, 4.69) is 214 Å². The predicted molar refractivity (Wildman–Crippen MR) is 251 cm³/mol. The minimum atomic E-state index is -0.213. The number of hydrogen-bond donors (Lipinski definition) is 0. The SMILES string of the molecule is CC(C)c1cccc(C(C)C)c1N1[C](c2cc3c4c(c2)C(C)(C)c2ccccc2B4c2ccccc2C3(C)C)N(c2c(C(C)C)cccc2C(C)C)c2ccccc21. The lowest BCUT2D eigenvalue weighted by Gasteiger charge is -2.47. The third-order valence-electron chi connectivity index (χ3n) is 13.9. The summed E-state index contributed by atoms with van der Waals surface area (Å²) in [4.78, 5) is 5.36. The van der Waals surface area contributed by atoms with Crippen LogP contribution in [0, 0.1) is 6.17 Å². The number of hydrogen-bond acceptors (Lipinski definition) is 2. The average molecular weight is 760 g/mol. The van der Waals surface area contributed by atoms with Gasteiger partial charge in [0.15, 0.2) is 6.17 Å². The summed E-state index contributed by atoms with van der Waals surface area (Å²) in [6.45, 7) is 28.9. The Bertz CT molecular complexity index is 2350. The Hall–Kier alpha value is -5.02. The fourth-order valence-electron chi connectivity index (χ4n) is 11.0. The van der Waals surface area contributed by atoms with Crippen molar-refractivity contribution < 1.29 is 0 Å². The Balaban J connectivity index is 1.44. The minimum Gasteiger partial charge on any atom is -0.307 e. The molecular formula is C55H60BN2. The molecule has 0 fully saturated rings. The van der Waals surface area contributed by atoms with Gasteiger partial charge in [-0.15, -0.1) is 0 Å². The van der Waals surface area contributed by atoms with Crippen molar-refractivity contribution in [2.45, 2.75) is 118 Å². The number of anilines is 4. The molecule has 1 radical (unpaired) electrons. The second-order valence-corrected chi connectivity index (χ2v) is 19.5. The molecule has 3 aliphatic rings. The molecule has 6 aromatic rings. The van der Waals surface area contributed by atoms with E-state index in [1.807, 2.05) is 0 Å². The zero-order valence-corrected chi connectivity index (χ0v) is 36.8. The van der Waals surface area contributed by atoms with Crippen LogP contribution in [0.5, 0.6) is 0 Å². The number of nitrogens with zero attached hydrogens (tertiary/aromatic N) is 2. The molecule has 3 aliphatic heterocycles. The molecule has 0 bridgehead atoms. The van der Waals surface area contributed by atoms with Gasteiger partial charge in [0.2, 0.25) is 6.71 Å². The molecule has 6 aromatic carbocycles. The van der Waals surface area contributed by atoms with Crippen LogP contribution in [0.15, 0.2) is 121 Å². The molecule has 293 valence electrons. The number of rotatable bonds is 7. The maximum Gasteiger partial charge on any atom is 0.242 e. The fraction of sp³-hybridized carbons (Fsp3) is 0.327. The first-order valence-corrected chi connectivity index (χ1v) is 21.9. The monoisotopic (exact) mass is 759 g/mol. The van der Waals surface area contributed by atoms with E-state index in [1.54, 1.807) is 0 Å². The predicted octanol–water partition coefficient (Wildman–Crippen LogP) is 12.8. The zero-order valence-electron chi connectivity index (χ0n) is 36.8. The molecule has 9 rings (SSSR count). The number of para-hydroxylation sites is 4. The van der Waals surface area contributed by atoms with Crippen molar-refractivity contribution in [2.75, 3.05) is 9.80 Å². The van der Waals surface area contributed by atoms with Gasteiger partial charge in [0, 0.05) is 16.4 Å². The van der Waals surface area contributed by atoms with Crippen LogP contribution in [0.3, 0.4) is 0 Å². The lowest BCUT2D eigenvalue weighted by molar-refractivity contribution is 0.620. The van der Waals surface area contributed by atoms with Gasteiger partial charge in [0.05, 0.1) is 22.7 Å². The summed E-state index contributed by atoms with van der Waals surface area (Å²) in [6, 6.07) is 47.0. The Morgan fingerprint density at radius 1 is 0.414 bits per heavy atom. The van der Waals surface area contributed by atoms with Gasteiger partial charge in [-0.05, 0) is 80.3 Å².